The van der Waals surface area contributed by atoms with Gasteiger partial charge >= 0.3 is 0 Å². The Balaban J connectivity index is 2.37. The SMILES string of the molecule is CCCC(C)N(C)N(NC)C1CC1. The van der Waals surface area contributed by atoms with Crippen molar-refractivity contribution in [2.45, 2.75) is 51.6 Å². The lowest BCUT2D eigenvalue weighted by Gasteiger charge is -2.35. The van der Waals surface area contributed by atoms with E-state index >= 15 is 0 Å². The van der Waals surface area contributed by atoms with Crippen molar-refractivity contribution >= 4 is 0 Å². The zero-order chi connectivity index (χ0) is 9.84. The average Bonchev–Trinajstić information content (AvgIpc) is 2.90. The van der Waals surface area contributed by atoms with E-state index in [1.165, 1.54) is 25.7 Å². The molecule has 0 spiro atoms. The molecule has 1 fully saturated rings. The lowest BCUT2D eigenvalue weighted by molar-refractivity contribution is -0.0788. The minimum Gasteiger partial charge on any atom is -0.244 e. The first kappa shape index (κ1) is 11.0. The molecule has 0 radical (unpaired) electrons. The fourth-order valence-corrected chi connectivity index (χ4v) is 1.73. The predicted octanol–water partition coefficient (Wildman–Crippen LogP) is 1.62. The van der Waals surface area contributed by atoms with E-state index in [9.17, 15) is 0 Å². The van der Waals surface area contributed by atoms with Crippen molar-refractivity contribution in [2.24, 2.45) is 0 Å². The first-order valence-corrected chi connectivity index (χ1v) is 5.40. The third kappa shape index (κ3) is 2.93. The maximum Gasteiger partial charge on any atom is 0.0403 e. The molecule has 0 aliphatic heterocycles. The molecule has 1 aliphatic rings. The molecule has 3 nitrogen and oxygen atoms in total. The predicted molar refractivity (Wildman–Crippen MR) is 56.1 cm³/mol. The molecule has 0 aromatic heterocycles. The molecule has 13 heavy (non-hydrogen) atoms. The van der Waals surface area contributed by atoms with Crippen LogP contribution < -0.4 is 5.43 Å². The van der Waals surface area contributed by atoms with Gasteiger partial charge in [-0.25, -0.2) is 10.4 Å². The van der Waals surface area contributed by atoms with Gasteiger partial charge in [0, 0.05) is 26.2 Å². The molecule has 1 saturated carbocycles. The molecule has 3 heteroatoms. The zero-order valence-electron chi connectivity index (χ0n) is 9.38. The molecule has 1 atom stereocenters. The Morgan fingerprint density at radius 3 is 2.46 bits per heavy atom. The van der Waals surface area contributed by atoms with Gasteiger partial charge in [-0.15, -0.1) is 0 Å². The second kappa shape index (κ2) is 4.94. The van der Waals surface area contributed by atoms with E-state index in [-0.39, 0.29) is 0 Å². The van der Waals surface area contributed by atoms with Crippen LogP contribution in [0.3, 0.4) is 0 Å². The van der Waals surface area contributed by atoms with Gasteiger partial charge in [-0.05, 0) is 26.2 Å². The number of rotatable bonds is 6. The van der Waals surface area contributed by atoms with E-state index in [0.29, 0.717) is 6.04 Å². The second-order valence-electron chi connectivity index (χ2n) is 4.01. The molecule has 1 aliphatic carbocycles. The fraction of sp³-hybridized carbons (Fsp3) is 1.00. The first-order chi connectivity index (χ1) is 6.20. The summed E-state index contributed by atoms with van der Waals surface area (Å²) in [5.41, 5.74) is 3.26. The Morgan fingerprint density at radius 2 is 2.08 bits per heavy atom. The molecule has 1 rings (SSSR count). The molecule has 0 aromatic carbocycles. The zero-order valence-corrected chi connectivity index (χ0v) is 9.38. The van der Waals surface area contributed by atoms with E-state index in [2.05, 4.69) is 36.4 Å². The molecule has 0 heterocycles. The molecule has 78 valence electrons. The summed E-state index contributed by atoms with van der Waals surface area (Å²) in [6.07, 6.45) is 5.20. The minimum absolute atomic E-state index is 0.637. The highest BCUT2D eigenvalue weighted by Crippen LogP contribution is 2.27. The highest BCUT2D eigenvalue weighted by molar-refractivity contribution is 4.81. The summed E-state index contributed by atoms with van der Waals surface area (Å²) in [6, 6.07) is 1.38. The molecule has 0 aromatic rings. The Bertz CT molecular complexity index is 145. The van der Waals surface area contributed by atoms with E-state index < -0.39 is 0 Å². The van der Waals surface area contributed by atoms with E-state index in [0.717, 1.165) is 6.04 Å². The van der Waals surface area contributed by atoms with Crippen LogP contribution >= 0.6 is 0 Å². The van der Waals surface area contributed by atoms with E-state index in [4.69, 9.17) is 0 Å². The Morgan fingerprint density at radius 1 is 1.46 bits per heavy atom. The van der Waals surface area contributed by atoms with Gasteiger partial charge < -0.3 is 0 Å². The first-order valence-electron chi connectivity index (χ1n) is 5.40. The van der Waals surface area contributed by atoms with Gasteiger partial charge in [0.1, 0.15) is 0 Å². The summed E-state index contributed by atoms with van der Waals surface area (Å²) >= 11 is 0. The molecular formula is C10H23N3. The van der Waals surface area contributed by atoms with Crippen LogP contribution in [0.2, 0.25) is 0 Å². The summed E-state index contributed by atoms with van der Waals surface area (Å²) in [5, 5.41) is 4.61. The van der Waals surface area contributed by atoms with Gasteiger partial charge in [0.25, 0.3) is 0 Å². The van der Waals surface area contributed by atoms with Crippen molar-refractivity contribution in [3.05, 3.63) is 0 Å². The Kier molecular flexibility index (Phi) is 4.16. The Hall–Kier alpha value is -0.120. The van der Waals surface area contributed by atoms with Gasteiger partial charge in [-0.2, -0.15) is 5.12 Å². The number of hydrogen-bond donors (Lipinski definition) is 1. The number of hydrazine groups is 2. The fourth-order valence-electron chi connectivity index (χ4n) is 1.73. The third-order valence-corrected chi connectivity index (χ3v) is 2.81. The summed E-state index contributed by atoms with van der Waals surface area (Å²) < 4.78 is 0. The summed E-state index contributed by atoms with van der Waals surface area (Å²) in [7, 11) is 4.18. The highest BCUT2D eigenvalue weighted by Gasteiger charge is 2.32. The maximum atomic E-state index is 3.26. The van der Waals surface area contributed by atoms with Crippen LogP contribution in [-0.4, -0.2) is 36.3 Å². The normalized spacial score (nSPS) is 19.8. The molecule has 0 bridgehead atoms. The Labute approximate surface area is 82.0 Å². The molecule has 0 amide bonds. The van der Waals surface area contributed by atoms with Crippen molar-refractivity contribution in [2.75, 3.05) is 14.1 Å². The van der Waals surface area contributed by atoms with Crippen LogP contribution in [0.15, 0.2) is 0 Å². The van der Waals surface area contributed by atoms with Crippen molar-refractivity contribution in [1.82, 2.24) is 15.6 Å². The highest BCUT2D eigenvalue weighted by atomic mass is 15.8. The summed E-state index contributed by atoms with van der Waals surface area (Å²) in [5.74, 6) is 0. The van der Waals surface area contributed by atoms with E-state index in [1.807, 2.05) is 7.05 Å². The van der Waals surface area contributed by atoms with E-state index in [1.54, 1.807) is 0 Å². The minimum atomic E-state index is 0.637. The average molecular weight is 185 g/mol. The lowest BCUT2D eigenvalue weighted by atomic mass is 10.2. The van der Waals surface area contributed by atoms with Crippen LogP contribution in [0.5, 0.6) is 0 Å². The lowest BCUT2D eigenvalue weighted by Crippen LogP contribution is -2.52. The van der Waals surface area contributed by atoms with Crippen LogP contribution in [-0.2, 0) is 0 Å². The number of hydrogen-bond acceptors (Lipinski definition) is 3. The molecule has 1 unspecified atom stereocenters. The molecule has 0 saturated heterocycles. The van der Waals surface area contributed by atoms with Crippen LogP contribution in [0.1, 0.15) is 39.5 Å². The largest absolute Gasteiger partial charge is 0.244 e. The van der Waals surface area contributed by atoms with Crippen molar-refractivity contribution in [1.29, 1.82) is 0 Å². The second-order valence-corrected chi connectivity index (χ2v) is 4.01. The number of nitrogens with one attached hydrogen (secondary N) is 1. The number of nitrogens with zero attached hydrogens (tertiary/aromatic N) is 2. The smallest absolute Gasteiger partial charge is 0.0403 e. The van der Waals surface area contributed by atoms with Gasteiger partial charge in [0.15, 0.2) is 0 Å². The monoisotopic (exact) mass is 185 g/mol. The molecular weight excluding hydrogens is 162 g/mol. The topological polar surface area (TPSA) is 18.5 Å². The maximum absolute atomic E-state index is 3.26. The third-order valence-electron chi connectivity index (χ3n) is 2.81. The van der Waals surface area contributed by atoms with Crippen LogP contribution in [0, 0.1) is 0 Å². The summed E-state index contributed by atoms with van der Waals surface area (Å²) in [4.78, 5) is 0. The van der Waals surface area contributed by atoms with Crippen molar-refractivity contribution in [3.63, 3.8) is 0 Å². The molecule has 1 N–H and O–H groups in total. The van der Waals surface area contributed by atoms with Gasteiger partial charge in [-0.3, -0.25) is 0 Å². The standard InChI is InChI=1S/C10H23N3/c1-5-6-9(2)12(4)13(11-3)10-7-8-10/h9-11H,5-8H2,1-4H3. The van der Waals surface area contributed by atoms with Gasteiger partial charge in [0.05, 0.1) is 0 Å². The van der Waals surface area contributed by atoms with Crippen LogP contribution in [0.25, 0.3) is 0 Å². The summed E-state index contributed by atoms with van der Waals surface area (Å²) in [6.45, 7) is 4.53. The van der Waals surface area contributed by atoms with Crippen molar-refractivity contribution in [3.8, 4) is 0 Å². The quantitative estimate of drug-likeness (QED) is 0.634. The van der Waals surface area contributed by atoms with Crippen LogP contribution in [0.4, 0.5) is 0 Å². The van der Waals surface area contributed by atoms with Gasteiger partial charge in [-0.1, -0.05) is 13.3 Å². The van der Waals surface area contributed by atoms with Crippen molar-refractivity contribution < 1.29 is 0 Å². The van der Waals surface area contributed by atoms with Gasteiger partial charge in [0.2, 0.25) is 0 Å².